The van der Waals surface area contributed by atoms with Crippen LogP contribution in [0.25, 0.3) is 0 Å². The molecule has 25 heavy (non-hydrogen) atoms. The minimum atomic E-state index is -1.43. The number of hydrogen-bond acceptors (Lipinski definition) is 5. The number of carbonyl (C=O) groups is 1. The smallest absolute Gasteiger partial charge is 0.449 e. The van der Waals surface area contributed by atoms with Gasteiger partial charge in [0.1, 0.15) is 17.3 Å². The molecule has 2 fully saturated rings. The van der Waals surface area contributed by atoms with Crippen LogP contribution in [0.1, 0.15) is 18.4 Å². The van der Waals surface area contributed by atoms with E-state index in [9.17, 15) is 9.18 Å². The minimum absolute atomic E-state index is 0.0231. The fraction of sp³-hybridized carbons (Fsp3) is 0.471. The van der Waals surface area contributed by atoms with Crippen molar-refractivity contribution in [1.82, 2.24) is 0 Å². The Kier molecular flexibility index (Phi) is 3.79. The van der Waals surface area contributed by atoms with Crippen LogP contribution >= 0.6 is 0 Å². The number of nitrogens with two attached hydrogens (primary N) is 1. The third-order valence-electron chi connectivity index (χ3n) is 4.92. The van der Waals surface area contributed by atoms with E-state index in [1.165, 1.54) is 12.3 Å². The molecule has 0 amide bonds. The number of hydrogen-bond donors (Lipinski definition) is 2. The van der Waals surface area contributed by atoms with E-state index in [4.69, 9.17) is 15.6 Å². The summed E-state index contributed by atoms with van der Waals surface area (Å²) in [5, 5.41) is 8.82. The number of benzene rings is 1. The highest BCUT2D eigenvalue weighted by Crippen LogP contribution is 2.44. The first-order valence-electron chi connectivity index (χ1n) is 8.33. The molecule has 1 aromatic carbocycles. The molecule has 8 heteroatoms. The van der Waals surface area contributed by atoms with Crippen LogP contribution in [0.5, 0.6) is 0 Å². The van der Waals surface area contributed by atoms with Crippen LogP contribution in [0, 0.1) is 17.6 Å². The Morgan fingerprint density at radius 3 is 2.64 bits per heavy atom. The number of halogens is 2. The highest BCUT2D eigenvalue weighted by atomic mass is 19.1. The van der Waals surface area contributed by atoms with Gasteiger partial charge in [0.25, 0.3) is 0 Å². The molecule has 4 rings (SSSR count). The number of fused-ring (bicyclic) bond motifs is 1. The predicted octanol–water partition coefficient (Wildman–Crippen LogP) is 2.42. The molecule has 3 N–H and O–H groups in total. The monoisotopic (exact) mass is 351 g/mol. The van der Waals surface area contributed by atoms with Crippen LogP contribution in [0.4, 0.5) is 25.0 Å². The standard InChI is InChI=1S/C17H19F2N3O3/c18-13-4-10-3-12(25-17(23)24)8-22(11-1-2-11)15(10)14(19)16(13)21-6-9(5-20)7-21/h4,8-9,11H,1-3,5-7,20H2,(H,23,24). The summed E-state index contributed by atoms with van der Waals surface area (Å²) in [5.74, 6) is -0.808. The zero-order valence-corrected chi connectivity index (χ0v) is 13.5. The van der Waals surface area contributed by atoms with Crippen molar-refractivity contribution in [3.63, 3.8) is 0 Å². The second-order valence-electron chi connectivity index (χ2n) is 6.81. The van der Waals surface area contributed by atoms with Crippen molar-refractivity contribution < 1.29 is 23.4 Å². The highest BCUT2D eigenvalue weighted by molar-refractivity contribution is 5.71. The molecule has 3 aliphatic rings. The van der Waals surface area contributed by atoms with Crippen molar-refractivity contribution in [3.05, 3.63) is 35.2 Å². The molecule has 1 saturated carbocycles. The Balaban J connectivity index is 1.72. The molecule has 1 saturated heterocycles. The normalized spacial score (nSPS) is 20.0. The quantitative estimate of drug-likeness (QED) is 0.811. The summed E-state index contributed by atoms with van der Waals surface area (Å²) in [7, 11) is 0. The fourth-order valence-electron chi connectivity index (χ4n) is 3.52. The average molecular weight is 351 g/mol. The largest absolute Gasteiger partial charge is 0.511 e. The molecular formula is C17H19F2N3O3. The number of ether oxygens (including phenoxy) is 1. The summed E-state index contributed by atoms with van der Waals surface area (Å²) in [4.78, 5) is 14.2. The second-order valence-corrected chi connectivity index (χ2v) is 6.81. The zero-order chi connectivity index (χ0) is 17.7. The van der Waals surface area contributed by atoms with Crippen molar-refractivity contribution in [1.29, 1.82) is 0 Å². The van der Waals surface area contributed by atoms with Gasteiger partial charge in [0.05, 0.1) is 5.69 Å². The molecule has 2 heterocycles. The van der Waals surface area contributed by atoms with Crippen LogP contribution in [-0.4, -0.2) is 36.9 Å². The predicted molar refractivity (Wildman–Crippen MR) is 87.5 cm³/mol. The highest BCUT2D eigenvalue weighted by Gasteiger charge is 2.38. The van der Waals surface area contributed by atoms with Gasteiger partial charge >= 0.3 is 6.16 Å². The molecule has 2 aliphatic heterocycles. The second kappa shape index (κ2) is 5.87. The summed E-state index contributed by atoms with van der Waals surface area (Å²) in [6.45, 7) is 1.57. The van der Waals surface area contributed by atoms with Crippen LogP contribution in [-0.2, 0) is 11.2 Å². The Bertz CT molecular complexity index is 758. The summed E-state index contributed by atoms with van der Waals surface area (Å²) in [6, 6.07) is 1.38. The van der Waals surface area contributed by atoms with Gasteiger partial charge in [-0.05, 0) is 31.0 Å². The van der Waals surface area contributed by atoms with Gasteiger partial charge in [0.2, 0.25) is 0 Å². The maximum atomic E-state index is 15.2. The Morgan fingerprint density at radius 2 is 2.04 bits per heavy atom. The molecule has 1 aliphatic carbocycles. The lowest BCUT2D eigenvalue weighted by Gasteiger charge is -2.41. The lowest BCUT2D eigenvalue weighted by molar-refractivity contribution is 0.116. The summed E-state index contributed by atoms with van der Waals surface area (Å²) < 4.78 is 34.5. The molecule has 6 nitrogen and oxygen atoms in total. The molecule has 0 aromatic heterocycles. The van der Waals surface area contributed by atoms with E-state index in [0.717, 1.165) is 12.8 Å². The van der Waals surface area contributed by atoms with Crippen molar-refractivity contribution in [2.45, 2.75) is 25.3 Å². The maximum absolute atomic E-state index is 15.2. The SMILES string of the molecule is NCC1CN(c2c(F)cc3c(c2F)N(C2CC2)C=C(OC(=O)O)C3)C1. The Hall–Kier alpha value is -2.35. The topological polar surface area (TPSA) is 79.0 Å². The van der Waals surface area contributed by atoms with Crippen LogP contribution < -0.4 is 15.5 Å². The number of rotatable bonds is 4. The van der Waals surface area contributed by atoms with Gasteiger partial charge in [0, 0.05) is 37.7 Å². The number of carboxylic acid groups (broad SMARTS) is 1. The van der Waals surface area contributed by atoms with Crippen LogP contribution in [0.2, 0.25) is 0 Å². The first kappa shape index (κ1) is 16.1. The molecule has 134 valence electrons. The molecule has 0 unspecified atom stereocenters. The molecule has 1 aromatic rings. The van der Waals surface area contributed by atoms with Crippen LogP contribution in [0.15, 0.2) is 18.0 Å². The van der Waals surface area contributed by atoms with Gasteiger partial charge in [-0.15, -0.1) is 0 Å². The average Bonchev–Trinajstić information content (AvgIpc) is 3.32. The molecule has 0 spiro atoms. The number of anilines is 2. The summed E-state index contributed by atoms with van der Waals surface area (Å²) in [5.41, 5.74) is 6.30. The van der Waals surface area contributed by atoms with E-state index in [0.29, 0.717) is 30.9 Å². The Labute approximate surface area is 143 Å². The maximum Gasteiger partial charge on any atom is 0.511 e. The summed E-state index contributed by atoms with van der Waals surface area (Å²) >= 11 is 0. The number of allylic oxidation sites excluding steroid dienone is 1. The van der Waals surface area contributed by atoms with Gasteiger partial charge in [-0.3, -0.25) is 0 Å². The zero-order valence-electron chi connectivity index (χ0n) is 13.5. The van der Waals surface area contributed by atoms with Crippen molar-refractivity contribution >= 4 is 17.5 Å². The first-order valence-corrected chi connectivity index (χ1v) is 8.33. The third kappa shape index (κ3) is 2.80. The number of nitrogens with zero attached hydrogens (tertiary/aromatic N) is 2. The molecule has 0 radical (unpaired) electrons. The van der Waals surface area contributed by atoms with Crippen molar-refractivity contribution in [2.24, 2.45) is 11.7 Å². The van der Waals surface area contributed by atoms with Gasteiger partial charge in [0.15, 0.2) is 5.82 Å². The van der Waals surface area contributed by atoms with E-state index in [2.05, 4.69) is 0 Å². The van der Waals surface area contributed by atoms with Gasteiger partial charge < -0.3 is 25.4 Å². The van der Waals surface area contributed by atoms with Crippen LogP contribution in [0.3, 0.4) is 0 Å². The molecule has 0 bridgehead atoms. The van der Waals surface area contributed by atoms with Gasteiger partial charge in [-0.25, -0.2) is 13.6 Å². The Morgan fingerprint density at radius 1 is 1.32 bits per heavy atom. The van der Waals surface area contributed by atoms with E-state index in [1.807, 2.05) is 0 Å². The van der Waals surface area contributed by atoms with E-state index < -0.39 is 17.8 Å². The molecule has 0 atom stereocenters. The van der Waals surface area contributed by atoms with E-state index >= 15 is 4.39 Å². The lowest BCUT2D eigenvalue weighted by Crippen LogP contribution is -2.50. The van der Waals surface area contributed by atoms with E-state index in [-0.39, 0.29) is 29.8 Å². The third-order valence-corrected chi connectivity index (χ3v) is 4.92. The minimum Gasteiger partial charge on any atom is -0.449 e. The first-order chi connectivity index (χ1) is 12.0. The fourth-order valence-corrected chi connectivity index (χ4v) is 3.52. The summed E-state index contributed by atoms with van der Waals surface area (Å²) in [6.07, 6.45) is 1.89. The van der Waals surface area contributed by atoms with Gasteiger partial charge in [-0.1, -0.05) is 0 Å². The molecular weight excluding hydrogens is 332 g/mol. The van der Waals surface area contributed by atoms with Gasteiger partial charge in [-0.2, -0.15) is 0 Å². The van der Waals surface area contributed by atoms with Crippen molar-refractivity contribution in [3.8, 4) is 0 Å². The van der Waals surface area contributed by atoms with Crippen molar-refractivity contribution in [2.75, 3.05) is 29.4 Å². The lowest BCUT2D eigenvalue weighted by atomic mass is 9.96. The van der Waals surface area contributed by atoms with E-state index in [1.54, 1.807) is 9.80 Å².